The third-order valence-corrected chi connectivity index (χ3v) is 3.28. The van der Waals surface area contributed by atoms with Crippen LogP contribution in [-0.2, 0) is 11.8 Å². The van der Waals surface area contributed by atoms with Gasteiger partial charge in [-0.3, -0.25) is 14.3 Å². The van der Waals surface area contributed by atoms with Gasteiger partial charge in [0, 0.05) is 32.3 Å². The molecule has 2 rings (SSSR count). The second-order valence-electron chi connectivity index (χ2n) is 4.57. The highest BCUT2D eigenvalue weighted by Crippen LogP contribution is 2.15. The molecule has 7 heteroatoms. The molecule has 21 heavy (non-hydrogen) atoms. The van der Waals surface area contributed by atoms with Crippen molar-refractivity contribution in [1.82, 2.24) is 15.1 Å². The molecular weight excluding hydrogens is 294 g/mol. The minimum Gasteiger partial charge on any atom is -0.385 e. The van der Waals surface area contributed by atoms with Crippen molar-refractivity contribution in [2.45, 2.75) is 6.42 Å². The first-order valence-corrected chi connectivity index (χ1v) is 6.86. The van der Waals surface area contributed by atoms with Gasteiger partial charge in [0.2, 0.25) is 5.43 Å². The van der Waals surface area contributed by atoms with Crippen molar-refractivity contribution in [2.75, 3.05) is 20.3 Å². The molecule has 1 aromatic carbocycles. The van der Waals surface area contributed by atoms with E-state index in [2.05, 4.69) is 10.4 Å². The molecule has 0 saturated carbocycles. The number of methoxy groups -OCH3 is 1. The predicted molar refractivity (Wildman–Crippen MR) is 80.8 cm³/mol. The normalized spacial score (nSPS) is 10.8. The monoisotopic (exact) mass is 309 g/mol. The molecule has 0 fully saturated rings. The summed E-state index contributed by atoms with van der Waals surface area (Å²) >= 11 is 5.91. The number of ether oxygens (including phenoxy) is 1. The van der Waals surface area contributed by atoms with Crippen molar-refractivity contribution < 1.29 is 9.53 Å². The van der Waals surface area contributed by atoms with Crippen molar-refractivity contribution in [3.8, 4) is 0 Å². The molecule has 0 saturated heterocycles. The molecule has 0 spiro atoms. The fourth-order valence-electron chi connectivity index (χ4n) is 2.00. The third-order valence-electron chi connectivity index (χ3n) is 3.04. The number of amides is 1. The first kappa shape index (κ1) is 15.5. The van der Waals surface area contributed by atoms with Crippen LogP contribution in [-0.4, -0.2) is 35.9 Å². The summed E-state index contributed by atoms with van der Waals surface area (Å²) in [6, 6.07) is 4.92. The smallest absolute Gasteiger partial charge is 0.275 e. The van der Waals surface area contributed by atoms with E-state index in [4.69, 9.17) is 16.3 Å². The number of hydrogen-bond acceptors (Lipinski definition) is 4. The zero-order valence-electron chi connectivity index (χ0n) is 11.9. The minimum absolute atomic E-state index is 0.135. The van der Waals surface area contributed by atoms with E-state index >= 15 is 0 Å². The van der Waals surface area contributed by atoms with E-state index in [0.29, 0.717) is 35.5 Å². The summed E-state index contributed by atoms with van der Waals surface area (Å²) in [5.41, 5.74) is 0.0693. The van der Waals surface area contributed by atoms with Gasteiger partial charge in [-0.05, 0) is 24.6 Å². The molecule has 6 nitrogen and oxygen atoms in total. The molecule has 0 aliphatic carbocycles. The van der Waals surface area contributed by atoms with Gasteiger partial charge >= 0.3 is 0 Å². The molecule has 0 atom stereocenters. The van der Waals surface area contributed by atoms with E-state index in [9.17, 15) is 9.59 Å². The number of carbonyl (C=O) groups is 1. The Morgan fingerprint density at radius 2 is 2.24 bits per heavy atom. The van der Waals surface area contributed by atoms with Crippen LogP contribution in [0.2, 0.25) is 5.02 Å². The van der Waals surface area contributed by atoms with Crippen LogP contribution in [0.1, 0.15) is 16.9 Å². The van der Waals surface area contributed by atoms with Gasteiger partial charge in [0.25, 0.3) is 5.91 Å². The number of rotatable bonds is 5. The lowest BCUT2D eigenvalue weighted by Gasteiger charge is -2.08. The Morgan fingerprint density at radius 1 is 1.48 bits per heavy atom. The van der Waals surface area contributed by atoms with Crippen molar-refractivity contribution in [2.24, 2.45) is 7.05 Å². The van der Waals surface area contributed by atoms with E-state index in [1.54, 1.807) is 32.4 Å². The van der Waals surface area contributed by atoms with E-state index in [1.165, 1.54) is 4.68 Å². The highest BCUT2D eigenvalue weighted by Gasteiger charge is 2.16. The summed E-state index contributed by atoms with van der Waals surface area (Å²) in [6.45, 7) is 0.962. The second kappa shape index (κ2) is 6.69. The number of fused-ring (bicyclic) bond motifs is 1. The number of aromatic nitrogens is 2. The highest BCUT2D eigenvalue weighted by atomic mass is 35.5. The zero-order chi connectivity index (χ0) is 15.4. The van der Waals surface area contributed by atoms with Crippen LogP contribution in [0.15, 0.2) is 23.0 Å². The molecule has 1 heterocycles. The van der Waals surface area contributed by atoms with Gasteiger partial charge in [-0.1, -0.05) is 11.6 Å². The standard InChI is InChI=1S/C14H16ClN3O3/c1-18-11-5-4-9(15)8-10(11)13(19)12(17-18)14(20)16-6-3-7-21-2/h4-5,8H,3,6-7H2,1-2H3,(H,16,20). The largest absolute Gasteiger partial charge is 0.385 e. The summed E-state index contributed by atoms with van der Waals surface area (Å²) in [5.74, 6) is -0.492. The van der Waals surface area contributed by atoms with Crippen molar-refractivity contribution in [3.05, 3.63) is 39.1 Å². The van der Waals surface area contributed by atoms with Crippen molar-refractivity contribution in [1.29, 1.82) is 0 Å². The van der Waals surface area contributed by atoms with E-state index in [1.807, 2.05) is 0 Å². The Hall–Kier alpha value is -1.92. The summed E-state index contributed by atoms with van der Waals surface area (Å²) in [7, 11) is 3.27. The Labute approximate surface area is 126 Å². The average Bonchev–Trinajstić information content (AvgIpc) is 2.47. The molecule has 2 aromatic rings. The van der Waals surface area contributed by atoms with Crippen LogP contribution in [0.4, 0.5) is 0 Å². The lowest BCUT2D eigenvalue weighted by molar-refractivity contribution is 0.0940. The quantitative estimate of drug-likeness (QED) is 0.846. The highest BCUT2D eigenvalue weighted by molar-refractivity contribution is 6.31. The molecule has 0 bridgehead atoms. The van der Waals surface area contributed by atoms with Gasteiger partial charge < -0.3 is 10.1 Å². The molecule has 112 valence electrons. The Kier molecular flexibility index (Phi) is 4.93. The number of nitrogens with one attached hydrogen (secondary N) is 1. The molecule has 0 aliphatic rings. The number of nitrogens with zero attached hydrogens (tertiary/aromatic N) is 2. The average molecular weight is 310 g/mol. The van der Waals surface area contributed by atoms with E-state index < -0.39 is 11.3 Å². The van der Waals surface area contributed by atoms with Crippen LogP contribution in [0.3, 0.4) is 0 Å². The van der Waals surface area contributed by atoms with Gasteiger partial charge in [0.1, 0.15) is 0 Å². The van der Waals surface area contributed by atoms with Gasteiger partial charge in [0.05, 0.1) is 10.9 Å². The maximum atomic E-state index is 12.3. The second-order valence-corrected chi connectivity index (χ2v) is 5.00. The first-order valence-electron chi connectivity index (χ1n) is 6.48. The Morgan fingerprint density at radius 3 is 2.95 bits per heavy atom. The van der Waals surface area contributed by atoms with Crippen LogP contribution in [0.5, 0.6) is 0 Å². The molecule has 1 aromatic heterocycles. The number of hydrogen-bond donors (Lipinski definition) is 1. The van der Waals surface area contributed by atoms with Gasteiger partial charge in [-0.2, -0.15) is 5.10 Å². The zero-order valence-corrected chi connectivity index (χ0v) is 12.6. The molecule has 1 amide bonds. The van der Waals surface area contributed by atoms with Gasteiger partial charge in [0.15, 0.2) is 5.69 Å². The Balaban J connectivity index is 2.34. The van der Waals surface area contributed by atoms with Gasteiger partial charge in [-0.25, -0.2) is 0 Å². The van der Waals surface area contributed by atoms with Crippen LogP contribution in [0.25, 0.3) is 10.9 Å². The molecule has 0 radical (unpaired) electrons. The van der Waals surface area contributed by atoms with Crippen LogP contribution >= 0.6 is 11.6 Å². The molecule has 0 aliphatic heterocycles. The maximum absolute atomic E-state index is 12.3. The fourth-order valence-corrected chi connectivity index (χ4v) is 2.17. The molecule has 0 unspecified atom stereocenters. The topological polar surface area (TPSA) is 73.2 Å². The Bertz CT molecular complexity index is 727. The van der Waals surface area contributed by atoms with Crippen LogP contribution in [0, 0.1) is 0 Å². The number of carbonyl (C=O) groups excluding carboxylic acids is 1. The maximum Gasteiger partial charge on any atom is 0.275 e. The van der Waals surface area contributed by atoms with Gasteiger partial charge in [-0.15, -0.1) is 0 Å². The first-order chi connectivity index (χ1) is 10.0. The number of benzene rings is 1. The van der Waals surface area contributed by atoms with Crippen molar-refractivity contribution in [3.63, 3.8) is 0 Å². The lowest BCUT2D eigenvalue weighted by Crippen LogP contribution is -2.32. The summed E-state index contributed by atoms with van der Waals surface area (Å²) < 4.78 is 6.39. The summed E-state index contributed by atoms with van der Waals surface area (Å²) in [5, 5.41) is 7.52. The summed E-state index contributed by atoms with van der Waals surface area (Å²) in [6.07, 6.45) is 0.669. The van der Waals surface area contributed by atoms with Crippen molar-refractivity contribution >= 4 is 28.4 Å². The fraction of sp³-hybridized carbons (Fsp3) is 0.357. The number of halogens is 1. The minimum atomic E-state index is -0.492. The predicted octanol–water partition coefficient (Wildman–Crippen LogP) is 1.35. The lowest BCUT2D eigenvalue weighted by atomic mass is 10.2. The third kappa shape index (κ3) is 3.40. The van der Waals surface area contributed by atoms with E-state index in [0.717, 1.165) is 0 Å². The van der Waals surface area contributed by atoms with Crippen LogP contribution < -0.4 is 10.7 Å². The SMILES string of the molecule is COCCCNC(=O)c1nn(C)c2ccc(Cl)cc2c1=O. The molecular formula is C14H16ClN3O3. The molecule has 1 N–H and O–H groups in total. The van der Waals surface area contributed by atoms with E-state index in [-0.39, 0.29) is 5.69 Å². The number of aryl methyl sites for hydroxylation is 1. The summed E-state index contributed by atoms with van der Waals surface area (Å²) in [4.78, 5) is 24.4.